The Morgan fingerprint density at radius 2 is 2.62 bits per heavy atom. The number of aliphatic hydroxyl groups excluding tert-OH is 1. The molecular formula is C4H7BO3. The molecule has 4 heteroatoms. The minimum absolute atomic E-state index is 0.0465. The average Bonchev–Trinajstić information content (AvgIpc) is 1.83. The van der Waals surface area contributed by atoms with Crippen LogP contribution in [0.5, 0.6) is 0 Å². The van der Waals surface area contributed by atoms with Gasteiger partial charge in [-0.1, -0.05) is 6.58 Å². The van der Waals surface area contributed by atoms with Gasteiger partial charge in [0.2, 0.25) is 0 Å². The van der Waals surface area contributed by atoms with Crippen molar-refractivity contribution in [2.24, 2.45) is 0 Å². The summed E-state index contributed by atoms with van der Waals surface area (Å²) in [6.07, 6.45) is 1.05. The molecule has 44 valence electrons. The summed E-state index contributed by atoms with van der Waals surface area (Å²) < 4.78 is 4.33. The first kappa shape index (κ1) is 7.23. The minimum Gasteiger partial charge on any atom is -0.534 e. The van der Waals surface area contributed by atoms with Gasteiger partial charge in [-0.2, -0.15) is 0 Å². The van der Waals surface area contributed by atoms with Crippen LogP contribution in [0.1, 0.15) is 0 Å². The molecule has 0 unspecified atom stereocenters. The van der Waals surface area contributed by atoms with Crippen LogP contribution in [0.4, 0.5) is 0 Å². The van der Waals surface area contributed by atoms with Crippen LogP contribution in [-0.4, -0.2) is 25.1 Å². The Morgan fingerprint density at radius 1 is 2.00 bits per heavy atom. The zero-order valence-corrected chi connectivity index (χ0v) is 4.46. The lowest BCUT2D eigenvalue weighted by atomic mass is 10.1. The topological polar surface area (TPSA) is 46.5 Å². The van der Waals surface area contributed by atoms with Gasteiger partial charge in [0.25, 0.3) is 0 Å². The Balaban J connectivity index is 3.11. The van der Waals surface area contributed by atoms with Crippen LogP contribution in [0.25, 0.3) is 0 Å². The normalized spacial score (nSPS) is 7.62. The number of hydrogen-bond donors (Lipinski definition) is 1. The highest BCUT2D eigenvalue weighted by atomic mass is 16.5. The third kappa shape index (κ3) is 3.43. The standard InChI is InChI=1S/C4H7BO3/c1-2-4(7)8-5-3-6/h2,5-6H,1,3H2. The molecule has 0 saturated heterocycles. The second-order valence-corrected chi connectivity index (χ2v) is 1.10. The summed E-state index contributed by atoms with van der Waals surface area (Å²) in [7, 11) is 0.0465. The molecule has 0 aliphatic heterocycles. The fourth-order valence-corrected chi connectivity index (χ4v) is 0.205. The molecule has 0 amide bonds. The molecule has 0 saturated carbocycles. The predicted molar refractivity (Wildman–Crippen MR) is 30.5 cm³/mol. The Kier molecular flexibility index (Phi) is 3.97. The Labute approximate surface area is 48.2 Å². The Bertz CT molecular complexity index is 91.3. The van der Waals surface area contributed by atoms with E-state index in [0.717, 1.165) is 6.08 Å². The van der Waals surface area contributed by atoms with Crippen molar-refractivity contribution in [3.05, 3.63) is 12.7 Å². The van der Waals surface area contributed by atoms with E-state index in [4.69, 9.17) is 5.11 Å². The molecule has 0 rings (SSSR count). The van der Waals surface area contributed by atoms with E-state index < -0.39 is 5.97 Å². The fraction of sp³-hybridized carbons (Fsp3) is 0.250. The third-order valence-corrected chi connectivity index (χ3v) is 0.502. The Hall–Kier alpha value is -0.765. The number of aliphatic hydroxyl groups is 1. The van der Waals surface area contributed by atoms with Gasteiger partial charge in [-0.05, 0) is 0 Å². The first-order valence-corrected chi connectivity index (χ1v) is 2.21. The zero-order valence-electron chi connectivity index (χ0n) is 4.46. The highest BCUT2D eigenvalue weighted by molar-refractivity contribution is 6.30. The molecule has 3 nitrogen and oxygen atoms in total. The van der Waals surface area contributed by atoms with Crippen LogP contribution in [0, 0.1) is 0 Å². The molecule has 0 aliphatic carbocycles. The number of carbonyl (C=O) groups excluding carboxylic acids is 1. The molecule has 0 aromatic carbocycles. The maximum Gasteiger partial charge on any atom is 0.370 e. The van der Waals surface area contributed by atoms with Crippen molar-refractivity contribution in [3.8, 4) is 0 Å². The van der Waals surface area contributed by atoms with Crippen molar-refractivity contribution in [1.82, 2.24) is 0 Å². The van der Waals surface area contributed by atoms with Crippen LogP contribution in [0.15, 0.2) is 12.7 Å². The summed E-state index contributed by atoms with van der Waals surface area (Å²) >= 11 is 0. The minimum atomic E-state index is -0.501. The summed E-state index contributed by atoms with van der Waals surface area (Å²) in [5, 5.41) is 8.10. The predicted octanol–water partition coefficient (Wildman–Crippen LogP) is -0.983. The highest BCUT2D eigenvalue weighted by Gasteiger charge is 1.93. The van der Waals surface area contributed by atoms with Crippen LogP contribution in [0.3, 0.4) is 0 Å². The average molecular weight is 114 g/mol. The van der Waals surface area contributed by atoms with Crippen LogP contribution >= 0.6 is 0 Å². The van der Waals surface area contributed by atoms with Crippen molar-refractivity contribution in [2.45, 2.75) is 0 Å². The summed E-state index contributed by atoms with van der Waals surface area (Å²) in [4.78, 5) is 10.1. The molecule has 0 aliphatic rings. The van der Waals surface area contributed by atoms with E-state index in [1.807, 2.05) is 0 Å². The van der Waals surface area contributed by atoms with Gasteiger partial charge < -0.3 is 9.76 Å². The fourth-order valence-electron chi connectivity index (χ4n) is 0.205. The second kappa shape index (κ2) is 4.40. The van der Waals surface area contributed by atoms with Gasteiger partial charge in [0, 0.05) is 6.08 Å². The Morgan fingerprint density at radius 3 is 3.00 bits per heavy atom. The summed E-state index contributed by atoms with van der Waals surface area (Å²) in [5.41, 5.74) is 0. The molecule has 0 heterocycles. The maximum absolute atomic E-state index is 10.1. The lowest BCUT2D eigenvalue weighted by molar-refractivity contribution is -0.129. The number of carbonyl (C=O) groups is 1. The lowest BCUT2D eigenvalue weighted by Crippen LogP contribution is -2.08. The summed E-state index contributed by atoms with van der Waals surface area (Å²) in [6.45, 7) is 3.02. The van der Waals surface area contributed by atoms with E-state index in [1.165, 1.54) is 0 Å². The van der Waals surface area contributed by atoms with Crippen LogP contribution < -0.4 is 0 Å². The maximum atomic E-state index is 10.1. The van der Waals surface area contributed by atoms with Crippen molar-refractivity contribution in [3.63, 3.8) is 0 Å². The number of hydrogen-bond acceptors (Lipinski definition) is 3. The first-order valence-electron chi connectivity index (χ1n) is 2.21. The second-order valence-electron chi connectivity index (χ2n) is 1.10. The third-order valence-electron chi connectivity index (χ3n) is 0.502. The van der Waals surface area contributed by atoms with Gasteiger partial charge in [-0.15, -0.1) is 0 Å². The van der Waals surface area contributed by atoms with Crippen molar-refractivity contribution < 1.29 is 14.6 Å². The van der Waals surface area contributed by atoms with E-state index >= 15 is 0 Å². The molecule has 8 heavy (non-hydrogen) atoms. The zero-order chi connectivity index (χ0) is 6.41. The van der Waals surface area contributed by atoms with Crippen molar-refractivity contribution in [1.29, 1.82) is 0 Å². The molecule has 0 atom stereocenters. The van der Waals surface area contributed by atoms with Crippen LogP contribution in [-0.2, 0) is 9.45 Å². The summed E-state index contributed by atoms with van der Waals surface area (Å²) in [6, 6.07) is 0. The van der Waals surface area contributed by atoms with Gasteiger partial charge >= 0.3 is 13.5 Å². The van der Waals surface area contributed by atoms with Gasteiger partial charge in [0.15, 0.2) is 0 Å². The molecule has 0 radical (unpaired) electrons. The van der Waals surface area contributed by atoms with Crippen molar-refractivity contribution >= 4 is 13.5 Å². The highest BCUT2D eigenvalue weighted by Crippen LogP contribution is 1.72. The molecule has 0 aromatic rings. The first-order chi connectivity index (χ1) is 3.81. The van der Waals surface area contributed by atoms with E-state index in [-0.39, 0.29) is 14.0 Å². The van der Waals surface area contributed by atoms with E-state index in [1.54, 1.807) is 0 Å². The quantitative estimate of drug-likeness (QED) is 0.378. The van der Waals surface area contributed by atoms with E-state index in [9.17, 15) is 4.79 Å². The van der Waals surface area contributed by atoms with E-state index in [0.29, 0.717) is 0 Å². The molecule has 1 N–H and O–H groups in total. The summed E-state index contributed by atoms with van der Waals surface area (Å²) in [5.74, 6) is -0.501. The largest absolute Gasteiger partial charge is 0.534 e. The van der Waals surface area contributed by atoms with Gasteiger partial charge in [0.05, 0.1) is 6.51 Å². The van der Waals surface area contributed by atoms with E-state index in [2.05, 4.69) is 11.2 Å². The monoisotopic (exact) mass is 114 g/mol. The molecule has 0 bridgehead atoms. The molecular weight excluding hydrogens is 107 g/mol. The SMILES string of the molecule is C=CC(=O)OBCO. The number of rotatable bonds is 3. The van der Waals surface area contributed by atoms with Gasteiger partial charge in [-0.25, -0.2) is 4.79 Å². The van der Waals surface area contributed by atoms with Crippen LogP contribution in [0.2, 0.25) is 0 Å². The van der Waals surface area contributed by atoms with Gasteiger partial charge in [0.1, 0.15) is 0 Å². The molecule has 0 aromatic heterocycles. The smallest absolute Gasteiger partial charge is 0.370 e. The lowest BCUT2D eigenvalue weighted by Gasteiger charge is -1.93. The van der Waals surface area contributed by atoms with Crippen molar-refractivity contribution in [2.75, 3.05) is 6.51 Å². The van der Waals surface area contributed by atoms with Gasteiger partial charge in [-0.3, -0.25) is 0 Å². The molecule has 0 spiro atoms. The molecule has 0 fully saturated rings.